The molecule has 2 aromatic rings. The highest BCUT2D eigenvalue weighted by molar-refractivity contribution is 7.51. The van der Waals surface area contributed by atoms with E-state index >= 15 is 0 Å². The van der Waals surface area contributed by atoms with Gasteiger partial charge in [0.15, 0.2) is 0 Å². The van der Waals surface area contributed by atoms with E-state index in [2.05, 4.69) is 0 Å². The molecule has 118 valence electrons. The van der Waals surface area contributed by atoms with Crippen molar-refractivity contribution in [3.8, 4) is 11.5 Å². The summed E-state index contributed by atoms with van der Waals surface area (Å²) in [6.07, 6.45) is -0.463. The van der Waals surface area contributed by atoms with Crippen LogP contribution in [-0.4, -0.2) is 31.2 Å². The normalized spacial score (nSPS) is 11.8. The lowest BCUT2D eigenvalue weighted by atomic mass is 10.1. The van der Waals surface area contributed by atoms with Crippen LogP contribution in [0.15, 0.2) is 48.5 Å². The molecule has 0 unspecified atom stereocenters. The predicted molar refractivity (Wildman–Crippen MR) is 82.4 cm³/mol. The number of nitrogens with zero attached hydrogens (tertiary/aromatic N) is 1. The van der Waals surface area contributed by atoms with Crippen molar-refractivity contribution in [3.63, 3.8) is 0 Å². The number of aromatic hydroxyl groups is 2. The molecule has 0 aromatic heterocycles. The zero-order valence-corrected chi connectivity index (χ0v) is 12.7. The molecule has 0 saturated carbocycles. The van der Waals surface area contributed by atoms with Crippen molar-refractivity contribution in [1.82, 2.24) is 4.90 Å². The van der Waals surface area contributed by atoms with Gasteiger partial charge in [0.1, 0.15) is 17.8 Å². The third-order valence-corrected chi connectivity index (χ3v) is 3.92. The maximum Gasteiger partial charge on any atom is 0.339 e. The maximum absolute atomic E-state index is 11.3. The van der Waals surface area contributed by atoms with Crippen molar-refractivity contribution >= 4 is 7.60 Å². The molecule has 22 heavy (non-hydrogen) atoms. The quantitative estimate of drug-likeness (QED) is 0.608. The standard InChI is InChI=1S/C15H18NO5P/c17-14-7-3-1-5-12(14)9-16(11-22(19,20)21)10-13-6-2-4-8-15(13)18/h1-8,17-18H,9-11H2,(H2,19,20,21). The molecule has 0 radical (unpaired) electrons. The Balaban J connectivity index is 2.22. The largest absolute Gasteiger partial charge is 0.508 e. The van der Waals surface area contributed by atoms with Gasteiger partial charge in [0, 0.05) is 24.2 Å². The summed E-state index contributed by atoms with van der Waals surface area (Å²) in [6.45, 7) is 0.318. The Hall–Kier alpha value is -1.85. The Bertz CT molecular complexity index is 638. The van der Waals surface area contributed by atoms with Crippen molar-refractivity contribution in [2.75, 3.05) is 6.29 Å². The summed E-state index contributed by atoms with van der Waals surface area (Å²) < 4.78 is 11.3. The van der Waals surface area contributed by atoms with E-state index < -0.39 is 13.9 Å². The van der Waals surface area contributed by atoms with Crippen LogP contribution in [0.4, 0.5) is 0 Å². The van der Waals surface area contributed by atoms with Crippen molar-refractivity contribution < 1.29 is 24.6 Å². The van der Waals surface area contributed by atoms with Gasteiger partial charge in [0.05, 0.1) is 0 Å². The smallest absolute Gasteiger partial charge is 0.339 e. The van der Waals surface area contributed by atoms with Gasteiger partial charge in [-0.1, -0.05) is 36.4 Å². The van der Waals surface area contributed by atoms with E-state index in [0.29, 0.717) is 11.1 Å². The minimum atomic E-state index is -4.26. The number of phenolic OH excluding ortho intramolecular Hbond substituents is 2. The molecule has 0 fully saturated rings. The second-order valence-corrected chi connectivity index (χ2v) is 6.66. The Kier molecular flexibility index (Phi) is 5.21. The molecular formula is C15H18NO5P. The number of hydrogen-bond donors (Lipinski definition) is 4. The molecule has 0 bridgehead atoms. The van der Waals surface area contributed by atoms with Crippen LogP contribution < -0.4 is 0 Å². The lowest BCUT2D eigenvalue weighted by molar-refractivity contribution is 0.257. The van der Waals surface area contributed by atoms with Gasteiger partial charge in [-0.2, -0.15) is 0 Å². The van der Waals surface area contributed by atoms with Crippen molar-refractivity contribution in [3.05, 3.63) is 59.7 Å². The minimum Gasteiger partial charge on any atom is -0.508 e. The van der Waals surface area contributed by atoms with E-state index in [1.807, 2.05) is 0 Å². The molecule has 0 amide bonds. The number of rotatable bonds is 6. The van der Waals surface area contributed by atoms with Gasteiger partial charge in [0.25, 0.3) is 0 Å². The molecule has 0 aliphatic heterocycles. The highest BCUT2D eigenvalue weighted by Crippen LogP contribution is 2.37. The highest BCUT2D eigenvalue weighted by Gasteiger charge is 2.21. The van der Waals surface area contributed by atoms with Crippen LogP contribution >= 0.6 is 7.60 Å². The van der Waals surface area contributed by atoms with Gasteiger partial charge in [-0.05, 0) is 12.1 Å². The summed E-state index contributed by atoms with van der Waals surface area (Å²) in [5, 5.41) is 19.6. The third kappa shape index (κ3) is 4.86. The molecule has 0 saturated heterocycles. The highest BCUT2D eigenvalue weighted by atomic mass is 31.2. The lowest BCUT2D eigenvalue weighted by Crippen LogP contribution is -2.24. The number of benzene rings is 2. The monoisotopic (exact) mass is 323 g/mol. The van der Waals surface area contributed by atoms with E-state index in [9.17, 15) is 24.6 Å². The van der Waals surface area contributed by atoms with E-state index in [-0.39, 0.29) is 24.6 Å². The number of hydrogen-bond acceptors (Lipinski definition) is 4. The van der Waals surface area contributed by atoms with Crippen molar-refractivity contribution in [2.24, 2.45) is 0 Å². The summed E-state index contributed by atoms with van der Waals surface area (Å²) in [7, 11) is -4.26. The second-order valence-electron chi connectivity index (χ2n) is 5.05. The first-order chi connectivity index (χ1) is 10.3. The van der Waals surface area contributed by atoms with E-state index in [0.717, 1.165) is 0 Å². The number of para-hydroxylation sites is 2. The fourth-order valence-electron chi connectivity index (χ4n) is 2.19. The molecular weight excluding hydrogens is 305 g/mol. The molecule has 0 atom stereocenters. The molecule has 0 aliphatic rings. The van der Waals surface area contributed by atoms with E-state index in [1.54, 1.807) is 36.4 Å². The van der Waals surface area contributed by atoms with Crippen LogP contribution in [0.25, 0.3) is 0 Å². The topological polar surface area (TPSA) is 101 Å². The van der Waals surface area contributed by atoms with Gasteiger partial charge < -0.3 is 20.0 Å². The van der Waals surface area contributed by atoms with Crippen molar-refractivity contribution in [1.29, 1.82) is 0 Å². The second kappa shape index (κ2) is 6.94. The molecule has 2 rings (SSSR count). The molecule has 7 heteroatoms. The van der Waals surface area contributed by atoms with Crippen LogP contribution in [0.1, 0.15) is 11.1 Å². The van der Waals surface area contributed by atoms with Gasteiger partial charge in [-0.3, -0.25) is 9.46 Å². The number of phenols is 2. The van der Waals surface area contributed by atoms with Crippen LogP contribution in [0.2, 0.25) is 0 Å². The fourth-order valence-corrected chi connectivity index (χ4v) is 2.91. The zero-order chi connectivity index (χ0) is 16.2. The molecule has 6 nitrogen and oxygen atoms in total. The zero-order valence-electron chi connectivity index (χ0n) is 11.8. The van der Waals surface area contributed by atoms with Gasteiger partial charge in [0.2, 0.25) is 0 Å². The summed E-state index contributed by atoms with van der Waals surface area (Å²) in [4.78, 5) is 19.9. The van der Waals surface area contributed by atoms with E-state index in [4.69, 9.17) is 0 Å². The lowest BCUT2D eigenvalue weighted by Gasteiger charge is -2.23. The predicted octanol–water partition coefficient (Wildman–Crippen LogP) is 2.24. The molecule has 0 aliphatic carbocycles. The molecule has 0 heterocycles. The Morgan fingerprint density at radius 3 is 1.59 bits per heavy atom. The first-order valence-corrected chi connectivity index (χ1v) is 8.45. The summed E-state index contributed by atoms with van der Waals surface area (Å²) >= 11 is 0. The Morgan fingerprint density at radius 1 is 0.818 bits per heavy atom. The van der Waals surface area contributed by atoms with Gasteiger partial charge in [-0.25, -0.2) is 0 Å². The van der Waals surface area contributed by atoms with E-state index in [1.165, 1.54) is 17.0 Å². The minimum absolute atomic E-state index is 0.0653. The molecule has 4 N–H and O–H groups in total. The van der Waals surface area contributed by atoms with Crippen LogP contribution in [0, 0.1) is 0 Å². The summed E-state index contributed by atoms with van der Waals surface area (Å²) in [6, 6.07) is 13.2. The summed E-state index contributed by atoms with van der Waals surface area (Å²) in [5.41, 5.74) is 1.12. The first-order valence-electron chi connectivity index (χ1n) is 6.66. The van der Waals surface area contributed by atoms with Crippen LogP contribution in [0.3, 0.4) is 0 Å². The average Bonchev–Trinajstić information content (AvgIpc) is 2.42. The van der Waals surface area contributed by atoms with Gasteiger partial charge >= 0.3 is 7.60 Å². The van der Waals surface area contributed by atoms with Crippen LogP contribution in [-0.2, 0) is 17.7 Å². The fraction of sp³-hybridized carbons (Fsp3) is 0.200. The van der Waals surface area contributed by atoms with Crippen LogP contribution in [0.5, 0.6) is 11.5 Å². The summed E-state index contributed by atoms with van der Waals surface area (Å²) in [5.74, 6) is 0.131. The molecule has 0 spiro atoms. The SMILES string of the molecule is O=P(O)(O)CN(Cc1ccccc1O)Cc1ccccc1O. The third-order valence-electron chi connectivity index (χ3n) is 3.16. The molecule has 2 aromatic carbocycles. The Labute approximate surface area is 128 Å². The first kappa shape index (κ1) is 16.5. The average molecular weight is 323 g/mol. The maximum atomic E-state index is 11.3. The van der Waals surface area contributed by atoms with Gasteiger partial charge in [-0.15, -0.1) is 0 Å². The Morgan fingerprint density at radius 2 is 1.23 bits per heavy atom. The van der Waals surface area contributed by atoms with Crippen molar-refractivity contribution in [2.45, 2.75) is 13.1 Å².